The molecule has 2 nitrogen and oxygen atoms in total. The second-order valence-electron chi connectivity index (χ2n) is 7.17. The molecule has 2 aliphatic carbocycles. The number of hydrogen-bond acceptors (Lipinski definition) is 2. The Morgan fingerprint density at radius 2 is 1.67 bits per heavy atom. The first-order valence-corrected chi connectivity index (χ1v) is 8.00. The van der Waals surface area contributed by atoms with E-state index >= 15 is 0 Å². The van der Waals surface area contributed by atoms with E-state index in [-0.39, 0.29) is 0 Å². The van der Waals surface area contributed by atoms with Crippen LogP contribution in [0, 0.1) is 11.3 Å². The monoisotopic (exact) mass is 252 g/mol. The van der Waals surface area contributed by atoms with Crippen LogP contribution in [-0.4, -0.2) is 24.2 Å². The largest absolute Gasteiger partial charge is 0.311 e. The Kier molecular flexibility index (Phi) is 4.38. The molecule has 106 valence electrons. The molecular formula is C16H32N2. The van der Waals surface area contributed by atoms with E-state index in [4.69, 9.17) is 0 Å². The highest BCUT2D eigenvalue weighted by Crippen LogP contribution is 2.54. The van der Waals surface area contributed by atoms with Gasteiger partial charge in [-0.05, 0) is 57.3 Å². The molecule has 2 N–H and O–H groups in total. The van der Waals surface area contributed by atoms with Crippen molar-refractivity contribution in [3.05, 3.63) is 0 Å². The van der Waals surface area contributed by atoms with Crippen LogP contribution in [0.3, 0.4) is 0 Å². The molecule has 0 spiro atoms. The lowest BCUT2D eigenvalue weighted by Crippen LogP contribution is -2.50. The van der Waals surface area contributed by atoms with E-state index in [9.17, 15) is 0 Å². The minimum atomic E-state index is 0.541. The van der Waals surface area contributed by atoms with Gasteiger partial charge in [0.15, 0.2) is 0 Å². The predicted octanol–water partition coefficient (Wildman–Crippen LogP) is 3.32. The van der Waals surface area contributed by atoms with Crippen molar-refractivity contribution in [3.63, 3.8) is 0 Å². The van der Waals surface area contributed by atoms with Crippen molar-refractivity contribution in [2.75, 3.05) is 0 Å². The SMILES string of the molecule is CCC(C)NC1CC2(C)CC1CC2NC(C)CC. The Morgan fingerprint density at radius 3 is 2.17 bits per heavy atom. The lowest BCUT2D eigenvalue weighted by molar-refractivity contribution is 0.191. The molecule has 0 amide bonds. The third-order valence-corrected chi connectivity index (χ3v) is 5.57. The highest BCUT2D eigenvalue weighted by atomic mass is 15.0. The van der Waals surface area contributed by atoms with Crippen LogP contribution in [0.5, 0.6) is 0 Å². The van der Waals surface area contributed by atoms with Gasteiger partial charge in [-0.1, -0.05) is 20.8 Å². The molecule has 18 heavy (non-hydrogen) atoms. The zero-order chi connectivity index (χ0) is 13.3. The van der Waals surface area contributed by atoms with Gasteiger partial charge in [-0.15, -0.1) is 0 Å². The van der Waals surface area contributed by atoms with E-state index < -0.39 is 0 Å². The van der Waals surface area contributed by atoms with Crippen LogP contribution in [0.15, 0.2) is 0 Å². The smallest absolute Gasteiger partial charge is 0.0127 e. The summed E-state index contributed by atoms with van der Waals surface area (Å²) in [5.41, 5.74) is 0.541. The molecule has 0 saturated heterocycles. The minimum absolute atomic E-state index is 0.541. The summed E-state index contributed by atoms with van der Waals surface area (Å²) in [6.45, 7) is 11.7. The second-order valence-corrected chi connectivity index (χ2v) is 7.17. The zero-order valence-corrected chi connectivity index (χ0v) is 12.9. The Labute approximate surface area is 113 Å². The molecule has 2 bridgehead atoms. The molecule has 0 heterocycles. The molecule has 0 aromatic heterocycles. The Hall–Kier alpha value is -0.0800. The van der Waals surface area contributed by atoms with Crippen LogP contribution < -0.4 is 10.6 Å². The number of fused-ring (bicyclic) bond motifs is 2. The van der Waals surface area contributed by atoms with Crippen LogP contribution in [0.2, 0.25) is 0 Å². The van der Waals surface area contributed by atoms with Crippen molar-refractivity contribution in [1.29, 1.82) is 0 Å². The van der Waals surface area contributed by atoms with Crippen molar-refractivity contribution in [1.82, 2.24) is 10.6 Å². The average molecular weight is 252 g/mol. The summed E-state index contributed by atoms with van der Waals surface area (Å²) in [5, 5.41) is 7.71. The Morgan fingerprint density at radius 1 is 1.06 bits per heavy atom. The van der Waals surface area contributed by atoms with Gasteiger partial charge in [0.2, 0.25) is 0 Å². The van der Waals surface area contributed by atoms with Gasteiger partial charge in [-0.25, -0.2) is 0 Å². The summed E-state index contributed by atoms with van der Waals surface area (Å²) in [7, 11) is 0. The first-order chi connectivity index (χ1) is 8.48. The molecule has 0 aromatic carbocycles. The molecule has 0 radical (unpaired) electrons. The van der Waals surface area contributed by atoms with Gasteiger partial charge >= 0.3 is 0 Å². The van der Waals surface area contributed by atoms with E-state index in [1.165, 1.54) is 32.1 Å². The van der Waals surface area contributed by atoms with E-state index in [1.54, 1.807) is 0 Å². The summed E-state index contributed by atoms with van der Waals surface area (Å²) in [5.74, 6) is 0.908. The van der Waals surface area contributed by atoms with Crippen molar-refractivity contribution in [3.8, 4) is 0 Å². The lowest BCUT2D eigenvalue weighted by Gasteiger charge is -2.38. The van der Waals surface area contributed by atoms with Gasteiger partial charge in [-0.3, -0.25) is 0 Å². The zero-order valence-electron chi connectivity index (χ0n) is 12.9. The van der Waals surface area contributed by atoms with Gasteiger partial charge < -0.3 is 10.6 Å². The summed E-state index contributed by atoms with van der Waals surface area (Å²) in [6, 6.07) is 2.89. The highest BCUT2D eigenvalue weighted by molar-refractivity contribution is 5.09. The van der Waals surface area contributed by atoms with E-state index in [0.29, 0.717) is 17.5 Å². The highest BCUT2D eigenvalue weighted by Gasteiger charge is 2.53. The summed E-state index contributed by atoms with van der Waals surface area (Å²) >= 11 is 0. The van der Waals surface area contributed by atoms with E-state index in [0.717, 1.165) is 18.0 Å². The first kappa shape index (κ1) is 14.3. The van der Waals surface area contributed by atoms with Crippen molar-refractivity contribution >= 4 is 0 Å². The first-order valence-electron chi connectivity index (χ1n) is 8.00. The fraction of sp³-hybridized carbons (Fsp3) is 1.00. The van der Waals surface area contributed by atoms with Gasteiger partial charge in [0.25, 0.3) is 0 Å². The lowest BCUT2D eigenvalue weighted by atomic mass is 9.79. The molecule has 2 rings (SSSR count). The normalized spacial score (nSPS) is 42.2. The average Bonchev–Trinajstić information content (AvgIpc) is 2.81. The van der Waals surface area contributed by atoms with Crippen LogP contribution in [0.4, 0.5) is 0 Å². The maximum absolute atomic E-state index is 3.86. The fourth-order valence-electron chi connectivity index (χ4n) is 4.02. The van der Waals surface area contributed by atoms with Crippen molar-refractivity contribution in [2.24, 2.45) is 11.3 Å². The maximum atomic E-state index is 3.86. The molecule has 2 fully saturated rings. The molecule has 6 atom stereocenters. The second kappa shape index (κ2) is 5.50. The van der Waals surface area contributed by atoms with Crippen molar-refractivity contribution in [2.45, 2.75) is 90.9 Å². The van der Waals surface area contributed by atoms with Gasteiger partial charge in [0.05, 0.1) is 0 Å². The van der Waals surface area contributed by atoms with E-state index in [1.807, 2.05) is 0 Å². The Balaban J connectivity index is 1.91. The third-order valence-electron chi connectivity index (χ3n) is 5.57. The summed E-state index contributed by atoms with van der Waals surface area (Å²) in [4.78, 5) is 0. The minimum Gasteiger partial charge on any atom is -0.311 e. The molecular weight excluding hydrogens is 220 g/mol. The molecule has 2 heteroatoms. The van der Waals surface area contributed by atoms with Crippen LogP contribution >= 0.6 is 0 Å². The third kappa shape index (κ3) is 2.75. The number of nitrogens with one attached hydrogen (secondary N) is 2. The van der Waals surface area contributed by atoms with Gasteiger partial charge in [-0.2, -0.15) is 0 Å². The van der Waals surface area contributed by atoms with Gasteiger partial charge in [0, 0.05) is 24.2 Å². The van der Waals surface area contributed by atoms with Crippen LogP contribution in [0.25, 0.3) is 0 Å². The molecule has 0 aliphatic heterocycles. The number of hydrogen-bond donors (Lipinski definition) is 2. The quantitative estimate of drug-likeness (QED) is 0.758. The Bertz CT molecular complexity index is 278. The fourth-order valence-corrected chi connectivity index (χ4v) is 4.02. The van der Waals surface area contributed by atoms with Crippen molar-refractivity contribution < 1.29 is 0 Å². The molecule has 2 aliphatic rings. The maximum Gasteiger partial charge on any atom is 0.0127 e. The van der Waals surface area contributed by atoms with Gasteiger partial charge in [0.1, 0.15) is 0 Å². The summed E-state index contributed by atoms with van der Waals surface area (Å²) < 4.78 is 0. The van der Waals surface area contributed by atoms with Crippen LogP contribution in [-0.2, 0) is 0 Å². The van der Waals surface area contributed by atoms with E-state index in [2.05, 4.69) is 45.3 Å². The molecule has 2 saturated carbocycles. The summed E-state index contributed by atoms with van der Waals surface area (Å²) in [6.07, 6.45) is 6.67. The number of rotatable bonds is 6. The van der Waals surface area contributed by atoms with Crippen LogP contribution in [0.1, 0.15) is 66.7 Å². The molecule has 6 unspecified atom stereocenters. The predicted molar refractivity (Wildman–Crippen MR) is 78.8 cm³/mol. The topological polar surface area (TPSA) is 24.1 Å². The molecule has 0 aromatic rings. The standard InChI is InChI=1S/C16H32N2/c1-6-11(3)17-14-10-16(5)9-13(14)8-15(16)18-12(4)7-2/h11-15,17-18H,6-10H2,1-5H3.